The van der Waals surface area contributed by atoms with Crippen molar-refractivity contribution in [1.82, 2.24) is 5.06 Å². The first-order chi connectivity index (χ1) is 42.3. The molecule has 7 rings (SSSR count). The second kappa shape index (κ2) is 29.6. The number of amides is 2. The summed E-state index contributed by atoms with van der Waals surface area (Å²) in [4.78, 5) is 40.4. The zero-order chi connectivity index (χ0) is 66.0. The van der Waals surface area contributed by atoms with Crippen molar-refractivity contribution in [2.75, 3.05) is 90.8 Å². The summed E-state index contributed by atoms with van der Waals surface area (Å²) in [6.45, 7) is 5.74. The predicted octanol–water partition coefficient (Wildman–Crippen LogP) is 5.89. The Hall–Kier alpha value is -6.21. The monoisotopic (exact) mass is 1350 g/mol. The number of unbranched alkanes of at least 4 members (excludes halogenated alkanes) is 2. The van der Waals surface area contributed by atoms with Gasteiger partial charge in [0.15, 0.2) is 12.3 Å². The first-order valence-electron chi connectivity index (χ1n) is 28.2. The Bertz CT molecular complexity index is 4150. The van der Waals surface area contributed by atoms with Gasteiger partial charge in [0.1, 0.15) is 21.6 Å². The third kappa shape index (κ3) is 17.1. The molecule has 4 aromatic carbocycles. The van der Waals surface area contributed by atoms with E-state index in [-0.39, 0.29) is 113 Å². The molecule has 2 atom stereocenters. The third-order valence-corrected chi connectivity index (χ3v) is 19.8. The van der Waals surface area contributed by atoms with Gasteiger partial charge in [0.2, 0.25) is 5.69 Å². The van der Waals surface area contributed by atoms with Gasteiger partial charge in [-0.1, -0.05) is 42.9 Å². The van der Waals surface area contributed by atoms with Crippen LogP contribution in [0.25, 0.3) is 21.5 Å². The number of hydrogen-bond acceptors (Lipinski definition) is 21. The quantitative estimate of drug-likeness (QED) is 0.0139. The van der Waals surface area contributed by atoms with Gasteiger partial charge in [-0.2, -0.15) is 38.2 Å². The van der Waals surface area contributed by atoms with Crippen LogP contribution in [-0.2, 0) is 104 Å². The van der Waals surface area contributed by atoms with Crippen molar-refractivity contribution in [3.8, 4) is 0 Å². The minimum atomic E-state index is -5.37. The fourth-order valence-electron chi connectivity index (χ4n) is 11.5. The van der Waals surface area contributed by atoms with Crippen molar-refractivity contribution in [1.29, 1.82) is 0 Å². The Morgan fingerprint density at radius 3 is 1.76 bits per heavy atom. The number of hydrogen-bond donors (Lipinski definition) is 4. The number of hydroxylamine groups is 2. The minimum Gasteiger partial charge on any atom is -0.744 e. The van der Waals surface area contributed by atoms with E-state index in [4.69, 9.17) is 28.5 Å². The summed E-state index contributed by atoms with van der Waals surface area (Å²) in [7, 11) is -22.2. The maximum absolute atomic E-state index is 12.9. The summed E-state index contributed by atoms with van der Waals surface area (Å²) in [6.07, 6.45) is 12.4. The van der Waals surface area contributed by atoms with Gasteiger partial charge in [-0.05, 0) is 110 Å². The molecule has 0 aliphatic carbocycles. The van der Waals surface area contributed by atoms with Crippen LogP contribution in [0.3, 0.4) is 0 Å². The summed E-state index contributed by atoms with van der Waals surface area (Å²) >= 11 is 0. The fraction of sp³-hybridized carbons (Fsp3) is 0.448. The van der Waals surface area contributed by atoms with Crippen LogP contribution in [0, 0.1) is 0 Å². The number of benzene rings is 4. The largest absolute Gasteiger partial charge is 0.744 e. The molecule has 0 aromatic heterocycles. The van der Waals surface area contributed by atoms with Crippen molar-refractivity contribution < 1.29 is 112 Å². The van der Waals surface area contributed by atoms with Crippen molar-refractivity contribution in [2.24, 2.45) is 0 Å². The first-order valence-corrected chi connectivity index (χ1v) is 35.6. The Kier molecular flexibility index (Phi) is 23.4. The normalized spacial score (nSPS) is 19.0. The molecule has 2 unspecified atom stereocenters. The Balaban J connectivity index is 1.28. The van der Waals surface area contributed by atoms with E-state index in [1.165, 1.54) is 19.2 Å². The number of carbonyl (C=O) groups excluding carboxylic acids is 3. The minimum absolute atomic E-state index is 0.00829. The SMILES string of the molecule is COCCOCCOCCOCCC1(C)\C(=C/C=C/C=C/C=C/C2=[N+](CCOC)c3ccc4c(S(=O)(=O)O)cc(S(=O)(=O)O)cc4c3C2(C)CCCS(=O)(=O)O)N(CCCCCC(=O)ON2C(=O)CCC2=O)c2ccc3c(S(=O)(=O)[O-])cc(S(=O)(=O)O)cc3c21. The van der Waals surface area contributed by atoms with E-state index in [9.17, 15) is 79.2 Å². The second-order valence-electron chi connectivity index (χ2n) is 21.7. The van der Waals surface area contributed by atoms with E-state index >= 15 is 0 Å². The molecule has 1 saturated heterocycles. The van der Waals surface area contributed by atoms with Gasteiger partial charge in [-0.25, -0.2) is 13.2 Å². The predicted molar refractivity (Wildman–Crippen MR) is 325 cm³/mol. The number of methoxy groups -OCH3 is 2. The van der Waals surface area contributed by atoms with Crippen molar-refractivity contribution in [3.05, 3.63) is 108 Å². The van der Waals surface area contributed by atoms with Crippen LogP contribution in [0.4, 0.5) is 11.4 Å². The zero-order valence-electron chi connectivity index (χ0n) is 49.6. The molecule has 1 fully saturated rings. The molecule has 32 heteroatoms. The molecular formula is C58H71N3O24S5. The molecule has 27 nitrogen and oxygen atoms in total. The summed E-state index contributed by atoms with van der Waals surface area (Å²) in [5, 5.41) is 0.242. The molecule has 0 bridgehead atoms. The molecule has 3 aliphatic heterocycles. The van der Waals surface area contributed by atoms with Crippen LogP contribution >= 0.6 is 0 Å². The van der Waals surface area contributed by atoms with E-state index in [0.717, 1.165) is 12.1 Å². The van der Waals surface area contributed by atoms with Gasteiger partial charge in [0.05, 0.1) is 65.5 Å². The van der Waals surface area contributed by atoms with Gasteiger partial charge >= 0.3 is 5.97 Å². The molecule has 3 heterocycles. The van der Waals surface area contributed by atoms with Gasteiger partial charge in [-0.15, -0.1) is 5.06 Å². The van der Waals surface area contributed by atoms with Crippen LogP contribution in [-0.4, -0.2) is 184 Å². The molecule has 90 heavy (non-hydrogen) atoms. The number of ether oxygens (including phenoxy) is 5. The maximum Gasteiger partial charge on any atom is 0.333 e. The standard InChI is InChI=1S/C58H71N3O24S5/c1-57(23-13-35-86(65,66)67)50(60(26-28-80-3)47-20-18-42-44(55(47)57)36-40(87(68,69)70)38-48(42)89(74,75)76)14-9-6-5-7-10-15-51-58(2,24-27-82-31-32-84-34-33-83-30-29-81-4)56-45-37-41(88(71,72)73)39-49(90(77,78)79)43(45)17-19-46(56)59(51)25-12-8-11-16-54(64)85-61-52(62)21-22-53(61)63/h5-7,9-10,14-15,17-20,36-39H,8,11-13,16,21-35H2,1-4H3,(H4-,65,66,67,68,69,70,71,72,73,74,75,76,77,78,79). The average Bonchev–Trinajstić information content (AvgIpc) is 1.53. The lowest BCUT2D eigenvalue weighted by molar-refractivity contribution is -0.441. The van der Waals surface area contributed by atoms with E-state index in [1.54, 1.807) is 73.3 Å². The zero-order valence-corrected chi connectivity index (χ0v) is 53.7. The maximum atomic E-state index is 12.9. The smallest absolute Gasteiger partial charge is 0.333 e. The highest BCUT2D eigenvalue weighted by molar-refractivity contribution is 7.87. The molecule has 0 radical (unpaired) electrons. The molecular weight excluding hydrogens is 1280 g/mol. The van der Waals surface area contributed by atoms with E-state index < -0.39 is 105 Å². The number of fused-ring (bicyclic) bond motifs is 6. The molecule has 0 spiro atoms. The van der Waals surface area contributed by atoms with Crippen LogP contribution in [0.1, 0.15) is 82.8 Å². The second-order valence-corrected chi connectivity index (χ2v) is 28.8. The lowest BCUT2D eigenvalue weighted by Crippen LogP contribution is -2.32. The molecule has 2 amide bonds. The van der Waals surface area contributed by atoms with Crippen molar-refractivity contribution >= 4 is 107 Å². The molecule has 0 saturated carbocycles. The number of carbonyl (C=O) groups is 3. The van der Waals surface area contributed by atoms with Crippen LogP contribution < -0.4 is 4.90 Å². The molecule has 4 N–H and O–H groups in total. The number of allylic oxidation sites excluding steroid dienone is 8. The Morgan fingerprint density at radius 1 is 0.611 bits per heavy atom. The summed E-state index contributed by atoms with van der Waals surface area (Å²) in [5.41, 5.74) is 0.143. The Morgan fingerprint density at radius 2 is 1.17 bits per heavy atom. The fourth-order valence-corrected chi connectivity index (χ4v) is 14.6. The summed E-state index contributed by atoms with van der Waals surface area (Å²) in [6, 6.07) is 9.23. The van der Waals surface area contributed by atoms with Crippen LogP contribution in [0.5, 0.6) is 0 Å². The van der Waals surface area contributed by atoms with Gasteiger partial charge in [0.25, 0.3) is 52.3 Å². The van der Waals surface area contributed by atoms with Crippen LogP contribution in [0.2, 0.25) is 0 Å². The molecule has 4 aromatic rings. The van der Waals surface area contributed by atoms with Gasteiger partial charge in [-0.3, -0.25) is 27.8 Å². The Labute approximate surface area is 522 Å². The van der Waals surface area contributed by atoms with E-state index in [0.29, 0.717) is 83.8 Å². The summed E-state index contributed by atoms with van der Waals surface area (Å²) in [5.74, 6) is -2.74. The van der Waals surface area contributed by atoms with Crippen molar-refractivity contribution in [3.63, 3.8) is 0 Å². The van der Waals surface area contributed by atoms with Gasteiger partial charge in [0, 0.05) is 86.5 Å². The number of imide groups is 1. The van der Waals surface area contributed by atoms with Gasteiger partial charge < -0.3 is 38.0 Å². The molecule has 492 valence electrons. The topological polar surface area (TPSA) is 391 Å². The summed E-state index contributed by atoms with van der Waals surface area (Å²) < 4.78 is 209. The first kappa shape index (κ1) is 71.2. The highest BCUT2D eigenvalue weighted by atomic mass is 32.2. The van der Waals surface area contributed by atoms with E-state index in [1.807, 2.05) is 11.8 Å². The van der Waals surface area contributed by atoms with Crippen molar-refractivity contribution in [2.45, 2.75) is 102 Å². The third-order valence-electron chi connectivity index (χ3n) is 15.6. The lowest BCUT2D eigenvalue weighted by atomic mass is 9.74. The molecule has 3 aliphatic rings. The van der Waals surface area contributed by atoms with E-state index in [2.05, 4.69) is 0 Å². The highest BCUT2D eigenvalue weighted by Gasteiger charge is 2.50. The van der Waals surface area contributed by atoms with Crippen LogP contribution in [0.15, 0.2) is 116 Å². The number of rotatable bonds is 34. The number of anilines is 1. The lowest BCUT2D eigenvalue weighted by Gasteiger charge is -2.31. The number of nitrogens with zero attached hydrogens (tertiary/aromatic N) is 3. The highest BCUT2D eigenvalue weighted by Crippen LogP contribution is 2.54. The average molecular weight is 1350 g/mol.